The Bertz CT molecular complexity index is 216. The van der Waals surface area contributed by atoms with Crippen molar-refractivity contribution in [3.8, 4) is 0 Å². The Morgan fingerprint density at radius 2 is 2.24 bits per heavy atom. The Labute approximate surface area is 106 Å². The number of rotatable bonds is 4. The molecule has 0 aromatic rings. The molecule has 2 rings (SSSR count). The van der Waals surface area contributed by atoms with Crippen LogP contribution in [0.5, 0.6) is 0 Å². The normalized spacial score (nSPS) is 36.7. The van der Waals surface area contributed by atoms with Crippen molar-refractivity contribution in [2.45, 2.75) is 76.6 Å². The van der Waals surface area contributed by atoms with Crippen molar-refractivity contribution in [3.63, 3.8) is 0 Å². The maximum atomic E-state index is 5.59. The second kappa shape index (κ2) is 6.72. The molecule has 0 saturated carbocycles. The van der Waals surface area contributed by atoms with Gasteiger partial charge in [-0.05, 0) is 52.5 Å². The summed E-state index contributed by atoms with van der Waals surface area (Å²) < 4.78 is 5.59. The average molecular weight is 240 g/mol. The van der Waals surface area contributed by atoms with E-state index in [1.807, 2.05) is 0 Å². The molecule has 17 heavy (non-hydrogen) atoms. The lowest BCUT2D eigenvalue weighted by molar-refractivity contribution is 0.0112. The van der Waals surface area contributed by atoms with Gasteiger partial charge in [0.25, 0.3) is 0 Å². The van der Waals surface area contributed by atoms with Gasteiger partial charge in [-0.3, -0.25) is 0 Å². The molecule has 2 heterocycles. The molecule has 2 N–H and O–H groups in total. The lowest BCUT2D eigenvalue weighted by Gasteiger charge is -2.32. The zero-order valence-corrected chi connectivity index (χ0v) is 11.4. The Hall–Kier alpha value is -0.120. The van der Waals surface area contributed by atoms with Crippen LogP contribution in [0.15, 0.2) is 0 Å². The van der Waals surface area contributed by atoms with Crippen LogP contribution in [0.3, 0.4) is 0 Å². The molecule has 0 aromatic carbocycles. The van der Waals surface area contributed by atoms with Gasteiger partial charge in [-0.2, -0.15) is 0 Å². The first kappa shape index (κ1) is 13.3. The van der Waals surface area contributed by atoms with Gasteiger partial charge in [-0.15, -0.1) is 0 Å². The van der Waals surface area contributed by atoms with Gasteiger partial charge in [0, 0.05) is 24.7 Å². The van der Waals surface area contributed by atoms with Crippen molar-refractivity contribution in [2.24, 2.45) is 0 Å². The van der Waals surface area contributed by atoms with Gasteiger partial charge in [0.1, 0.15) is 0 Å². The first-order valence-corrected chi connectivity index (χ1v) is 7.35. The smallest absolute Gasteiger partial charge is 0.0561 e. The quantitative estimate of drug-likeness (QED) is 0.789. The summed E-state index contributed by atoms with van der Waals surface area (Å²) in [7, 11) is 0. The van der Waals surface area contributed by atoms with Crippen LogP contribution in [0.25, 0.3) is 0 Å². The lowest BCUT2D eigenvalue weighted by atomic mass is 9.97. The summed E-state index contributed by atoms with van der Waals surface area (Å²) in [5.74, 6) is 0. The molecule has 2 saturated heterocycles. The summed E-state index contributed by atoms with van der Waals surface area (Å²) in [6, 6.07) is 2.03. The summed E-state index contributed by atoms with van der Waals surface area (Å²) in [6.07, 6.45) is 8.16. The molecule has 100 valence electrons. The van der Waals surface area contributed by atoms with E-state index in [2.05, 4.69) is 24.5 Å². The average Bonchev–Trinajstić information content (AvgIpc) is 2.30. The fourth-order valence-electron chi connectivity index (χ4n) is 3.17. The molecule has 0 aromatic heterocycles. The molecule has 4 unspecified atom stereocenters. The van der Waals surface area contributed by atoms with E-state index in [-0.39, 0.29) is 0 Å². The summed E-state index contributed by atoms with van der Waals surface area (Å²) in [5, 5.41) is 7.41. The van der Waals surface area contributed by atoms with E-state index in [4.69, 9.17) is 4.74 Å². The molecular formula is C14H28N2O. The molecular weight excluding hydrogens is 212 g/mol. The highest BCUT2D eigenvalue weighted by atomic mass is 16.5. The predicted octanol–water partition coefficient (Wildman–Crippen LogP) is 2.06. The van der Waals surface area contributed by atoms with Gasteiger partial charge >= 0.3 is 0 Å². The monoisotopic (exact) mass is 240 g/mol. The summed E-state index contributed by atoms with van der Waals surface area (Å²) in [6.45, 7) is 6.65. The number of hydrogen-bond donors (Lipinski definition) is 2. The fraction of sp³-hybridized carbons (Fsp3) is 1.00. The molecule has 2 fully saturated rings. The molecule has 0 bridgehead atoms. The van der Waals surface area contributed by atoms with E-state index in [1.54, 1.807) is 0 Å². The third kappa shape index (κ3) is 4.57. The highest BCUT2D eigenvalue weighted by Crippen LogP contribution is 2.16. The van der Waals surface area contributed by atoms with E-state index in [0.717, 1.165) is 12.6 Å². The topological polar surface area (TPSA) is 33.3 Å². The van der Waals surface area contributed by atoms with Crippen molar-refractivity contribution in [3.05, 3.63) is 0 Å². The van der Waals surface area contributed by atoms with E-state index >= 15 is 0 Å². The van der Waals surface area contributed by atoms with Gasteiger partial charge in [-0.1, -0.05) is 6.42 Å². The van der Waals surface area contributed by atoms with Crippen LogP contribution < -0.4 is 10.6 Å². The maximum absolute atomic E-state index is 5.59. The van der Waals surface area contributed by atoms with Crippen LogP contribution in [-0.2, 0) is 4.74 Å². The minimum absolute atomic E-state index is 0.432. The van der Waals surface area contributed by atoms with Crippen LogP contribution >= 0.6 is 0 Å². The highest BCUT2D eigenvalue weighted by Gasteiger charge is 2.22. The fourth-order valence-corrected chi connectivity index (χ4v) is 3.17. The Balaban J connectivity index is 1.66. The second-order valence-corrected chi connectivity index (χ2v) is 5.85. The van der Waals surface area contributed by atoms with Crippen molar-refractivity contribution in [1.29, 1.82) is 0 Å². The zero-order chi connectivity index (χ0) is 12.1. The van der Waals surface area contributed by atoms with Crippen molar-refractivity contribution >= 4 is 0 Å². The number of ether oxygens (including phenoxy) is 1. The minimum Gasteiger partial charge on any atom is -0.378 e. The van der Waals surface area contributed by atoms with Gasteiger partial charge in [0.05, 0.1) is 6.10 Å². The summed E-state index contributed by atoms with van der Waals surface area (Å²) in [5.41, 5.74) is 0. The maximum Gasteiger partial charge on any atom is 0.0561 e. The van der Waals surface area contributed by atoms with Crippen molar-refractivity contribution < 1.29 is 4.74 Å². The van der Waals surface area contributed by atoms with E-state index in [0.29, 0.717) is 18.2 Å². The zero-order valence-electron chi connectivity index (χ0n) is 11.4. The number of piperidine rings is 1. The third-order valence-corrected chi connectivity index (χ3v) is 4.06. The minimum atomic E-state index is 0.432. The number of hydrogen-bond acceptors (Lipinski definition) is 3. The third-order valence-electron chi connectivity index (χ3n) is 4.06. The molecule has 4 atom stereocenters. The van der Waals surface area contributed by atoms with Gasteiger partial charge in [0.2, 0.25) is 0 Å². The van der Waals surface area contributed by atoms with E-state index in [1.165, 1.54) is 45.1 Å². The first-order chi connectivity index (χ1) is 8.24. The Kier molecular flexibility index (Phi) is 5.26. The molecule has 2 aliphatic rings. The molecule has 0 amide bonds. The first-order valence-electron chi connectivity index (χ1n) is 7.35. The van der Waals surface area contributed by atoms with Gasteiger partial charge in [-0.25, -0.2) is 0 Å². The molecule has 2 aliphatic heterocycles. The number of nitrogens with one attached hydrogen (secondary N) is 2. The standard InChI is InChI=1S/C14H28N2O/c1-11(9-13-5-3-4-7-15-13)16-14-6-8-17-12(2)10-14/h11-16H,3-10H2,1-2H3. The van der Waals surface area contributed by atoms with Crippen LogP contribution in [-0.4, -0.2) is 37.4 Å². The van der Waals surface area contributed by atoms with Crippen LogP contribution in [0, 0.1) is 0 Å². The molecule has 3 heteroatoms. The van der Waals surface area contributed by atoms with Crippen molar-refractivity contribution in [2.75, 3.05) is 13.2 Å². The van der Waals surface area contributed by atoms with Crippen LogP contribution in [0.1, 0.15) is 52.4 Å². The SMILES string of the molecule is CC(CC1CCCCN1)NC1CCOC(C)C1. The van der Waals surface area contributed by atoms with Crippen molar-refractivity contribution in [1.82, 2.24) is 10.6 Å². The molecule has 0 spiro atoms. The van der Waals surface area contributed by atoms with E-state index in [9.17, 15) is 0 Å². The second-order valence-electron chi connectivity index (χ2n) is 5.85. The Morgan fingerprint density at radius 3 is 2.94 bits per heavy atom. The van der Waals surface area contributed by atoms with Gasteiger partial charge in [0.15, 0.2) is 0 Å². The molecule has 0 radical (unpaired) electrons. The summed E-state index contributed by atoms with van der Waals surface area (Å²) >= 11 is 0. The Morgan fingerprint density at radius 1 is 1.35 bits per heavy atom. The summed E-state index contributed by atoms with van der Waals surface area (Å²) in [4.78, 5) is 0. The largest absolute Gasteiger partial charge is 0.378 e. The highest BCUT2D eigenvalue weighted by molar-refractivity contribution is 4.81. The van der Waals surface area contributed by atoms with Gasteiger partial charge < -0.3 is 15.4 Å². The van der Waals surface area contributed by atoms with E-state index < -0.39 is 0 Å². The predicted molar refractivity (Wildman–Crippen MR) is 71.3 cm³/mol. The molecule has 3 nitrogen and oxygen atoms in total. The molecule has 0 aliphatic carbocycles. The van der Waals surface area contributed by atoms with Crippen LogP contribution in [0.4, 0.5) is 0 Å². The van der Waals surface area contributed by atoms with Crippen LogP contribution in [0.2, 0.25) is 0 Å². The lowest BCUT2D eigenvalue weighted by Crippen LogP contribution is -2.45.